The molecular formula is C10H26N2O3. The van der Waals surface area contributed by atoms with Crippen molar-refractivity contribution in [3.8, 4) is 0 Å². The third-order valence-corrected chi connectivity index (χ3v) is 1.36. The summed E-state index contributed by atoms with van der Waals surface area (Å²) in [6.07, 6.45) is -0.612. The number of hydrogen-bond donors (Lipinski definition) is 4. The Morgan fingerprint density at radius 3 is 1.87 bits per heavy atom. The first-order valence-electron chi connectivity index (χ1n) is 5.44. The number of aliphatic hydroxyl groups is 2. The molecule has 0 spiro atoms. The van der Waals surface area contributed by atoms with E-state index < -0.39 is 6.10 Å². The van der Waals surface area contributed by atoms with Crippen LogP contribution in [-0.4, -0.2) is 48.7 Å². The van der Waals surface area contributed by atoms with Gasteiger partial charge in [0, 0.05) is 13.1 Å². The second-order valence-electron chi connectivity index (χ2n) is 3.24. The second-order valence-corrected chi connectivity index (χ2v) is 3.24. The summed E-state index contributed by atoms with van der Waals surface area (Å²) in [6.45, 7) is 9.80. The summed E-state index contributed by atoms with van der Waals surface area (Å²) in [6, 6.07) is 0. The lowest BCUT2D eigenvalue weighted by molar-refractivity contribution is -0.0177. The Balaban J connectivity index is 0. The van der Waals surface area contributed by atoms with E-state index >= 15 is 0 Å². The van der Waals surface area contributed by atoms with Crippen LogP contribution >= 0.6 is 0 Å². The Morgan fingerprint density at radius 1 is 1.13 bits per heavy atom. The first kappa shape index (κ1) is 17.2. The molecule has 5 nitrogen and oxygen atoms in total. The van der Waals surface area contributed by atoms with Gasteiger partial charge in [-0.2, -0.15) is 0 Å². The zero-order chi connectivity index (χ0) is 12.1. The number of nitrogens with one attached hydrogen (secondary N) is 2. The van der Waals surface area contributed by atoms with E-state index in [1.54, 1.807) is 13.8 Å². The molecule has 0 aliphatic carbocycles. The van der Waals surface area contributed by atoms with E-state index in [0.717, 1.165) is 13.1 Å². The summed E-state index contributed by atoms with van der Waals surface area (Å²) < 4.78 is 4.95. The van der Waals surface area contributed by atoms with Crippen LogP contribution in [0.1, 0.15) is 27.7 Å². The van der Waals surface area contributed by atoms with Gasteiger partial charge < -0.3 is 14.9 Å². The Labute approximate surface area is 92.8 Å². The topological polar surface area (TPSA) is 73.8 Å². The van der Waals surface area contributed by atoms with Gasteiger partial charge in [0.25, 0.3) is 0 Å². The van der Waals surface area contributed by atoms with Crippen LogP contribution in [0.3, 0.4) is 0 Å². The molecule has 0 saturated carbocycles. The van der Waals surface area contributed by atoms with Crippen molar-refractivity contribution in [2.45, 2.75) is 39.9 Å². The van der Waals surface area contributed by atoms with E-state index in [2.05, 4.69) is 24.7 Å². The molecule has 0 saturated heterocycles. The molecule has 2 atom stereocenters. The fraction of sp³-hybridized carbons (Fsp3) is 1.00. The smallest absolute Gasteiger partial charge is 0.0779 e. The van der Waals surface area contributed by atoms with Crippen molar-refractivity contribution in [2.75, 3.05) is 26.3 Å². The molecule has 0 radical (unpaired) electrons. The van der Waals surface area contributed by atoms with Gasteiger partial charge in [-0.3, -0.25) is 10.9 Å². The van der Waals surface area contributed by atoms with Gasteiger partial charge in [-0.1, -0.05) is 13.8 Å². The van der Waals surface area contributed by atoms with Crippen molar-refractivity contribution in [1.29, 1.82) is 0 Å². The van der Waals surface area contributed by atoms with Gasteiger partial charge >= 0.3 is 0 Å². The zero-order valence-corrected chi connectivity index (χ0v) is 10.3. The minimum atomic E-state index is -0.445. The predicted octanol–water partition coefficient (Wildman–Crippen LogP) is -0.115. The highest BCUT2D eigenvalue weighted by atomic mass is 16.5. The highest BCUT2D eigenvalue weighted by Gasteiger charge is 2.00. The van der Waals surface area contributed by atoms with Crippen LogP contribution in [0.15, 0.2) is 0 Å². The molecule has 4 N–H and O–H groups in total. The van der Waals surface area contributed by atoms with Crippen molar-refractivity contribution in [3.63, 3.8) is 0 Å². The van der Waals surface area contributed by atoms with Crippen LogP contribution in [0.25, 0.3) is 0 Å². The summed E-state index contributed by atoms with van der Waals surface area (Å²) in [7, 11) is 0. The van der Waals surface area contributed by atoms with Crippen LogP contribution < -0.4 is 10.9 Å². The van der Waals surface area contributed by atoms with E-state index in [0.29, 0.717) is 6.61 Å². The Bertz CT molecular complexity index is 109. The first-order chi connectivity index (χ1) is 7.08. The van der Waals surface area contributed by atoms with Gasteiger partial charge in [0.2, 0.25) is 0 Å². The van der Waals surface area contributed by atoms with Gasteiger partial charge in [0.15, 0.2) is 0 Å². The molecule has 15 heavy (non-hydrogen) atoms. The van der Waals surface area contributed by atoms with Crippen LogP contribution in [-0.2, 0) is 4.74 Å². The lowest BCUT2D eigenvalue weighted by atomic mass is 10.4. The molecule has 0 aromatic rings. The number of hydrazine groups is 1. The predicted molar refractivity (Wildman–Crippen MR) is 61.5 cm³/mol. The van der Waals surface area contributed by atoms with Crippen LogP contribution in [0, 0.1) is 0 Å². The van der Waals surface area contributed by atoms with Gasteiger partial charge in [-0.15, -0.1) is 0 Å². The van der Waals surface area contributed by atoms with Crippen molar-refractivity contribution < 1.29 is 14.9 Å². The van der Waals surface area contributed by atoms with Gasteiger partial charge in [0.1, 0.15) is 0 Å². The van der Waals surface area contributed by atoms with Crippen LogP contribution in [0.4, 0.5) is 0 Å². The molecule has 2 unspecified atom stereocenters. The van der Waals surface area contributed by atoms with Crippen molar-refractivity contribution in [2.24, 2.45) is 0 Å². The van der Waals surface area contributed by atoms with E-state index in [1.165, 1.54) is 0 Å². The Kier molecular flexibility index (Phi) is 15.8. The molecule has 5 heteroatoms. The standard InChI is InChI=1S/C6H14O3.C4H12N2/c1-5(8)4-9-6(2)3-7;1-3-5-6-4-2/h5-8H,3-4H2,1-2H3;5-6H,3-4H2,1-2H3. The number of aliphatic hydroxyl groups excluding tert-OH is 2. The Morgan fingerprint density at radius 2 is 1.60 bits per heavy atom. The van der Waals surface area contributed by atoms with E-state index in [9.17, 15) is 0 Å². The minimum absolute atomic E-state index is 0.00667. The maximum absolute atomic E-state index is 8.69. The van der Waals surface area contributed by atoms with Crippen molar-refractivity contribution >= 4 is 0 Å². The van der Waals surface area contributed by atoms with Gasteiger partial charge in [-0.25, -0.2) is 0 Å². The van der Waals surface area contributed by atoms with Crippen molar-refractivity contribution in [3.05, 3.63) is 0 Å². The molecular weight excluding hydrogens is 196 g/mol. The number of ether oxygens (including phenoxy) is 1. The normalized spacial score (nSPS) is 14.0. The van der Waals surface area contributed by atoms with Crippen LogP contribution in [0.2, 0.25) is 0 Å². The molecule has 0 amide bonds. The second kappa shape index (κ2) is 13.8. The molecule has 0 aromatic carbocycles. The molecule has 0 aliphatic heterocycles. The SMILES string of the molecule is CC(O)COC(C)CO.CCNNCC. The summed E-state index contributed by atoms with van der Waals surface area (Å²) in [4.78, 5) is 0. The maximum atomic E-state index is 8.69. The largest absolute Gasteiger partial charge is 0.394 e. The average Bonchev–Trinajstić information content (AvgIpc) is 2.23. The third kappa shape index (κ3) is 20.0. The molecule has 0 aromatic heterocycles. The number of hydrogen-bond acceptors (Lipinski definition) is 5. The van der Waals surface area contributed by atoms with Crippen molar-refractivity contribution in [1.82, 2.24) is 10.9 Å². The molecule has 0 fully saturated rings. The quantitative estimate of drug-likeness (QED) is 0.357. The minimum Gasteiger partial charge on any atom is -0.394 e. The Hall–Kier alpha value is -0.200. The molecule has 0 aliphatic rings. The van der Waals surface area contributed by atoms with Crippen LogP contribution in [0.5, 0.6) is 0 Å². The fourth-order valence-corrected chi connectivity index (χ4v) is 0.606. The summed E-state index contributed by atoms with van der Waals surface area (Å²) in [5.41, 5.74) is 5.90. The first-order valence-corrected chi connectivity index (χ1v) is 5.44. The third-order valence-electron chi connectivity index (χ3n) is 1.36. The van der Waals surface area contributed by atoms with E-state index in [1.807, 2.05) is 0 Å². The lowest BCUT2D eigenvalue weighted by Gasteiger charge is -2.10. The lowest BCUT2D eigenvalue weighted by Crippen LogP contribution is -2.30. The average molecular weight is 222 g/mol. The maximum Gasteiger partial charge on any atom is 0.0779 e. The van der Waals surface area contributed by atoms with Gasteiger partial charge in [-0.05, 0) is 13.8 Å². The monoisotopic (exact) mass is 222 g/mol. The summed E-state index contributed by atoms with van der Waals surface area (Å²) in [5.74, 6) is 0. The summed E-state index contributed by atoms with van der Waals surface area (Å²) in [5, 5.41) is 17.1. The molecule has 0 rings (SSSR count). The molecule has 94 valence electrons. The number of rotatable bonds is 7. The highest BCUT2D eigenvalue weighted by Crippen LogP contribution is 1.90. The molecule has 0 heterocycles. The van der Waals surface area contributed by atoms with E-state index in [4.69, 9.17) is 14.9 Å². The zero-order valence-electron chi connectivity index (χ0n) is 10.3. The fourth-order valence-electron chi connectivity index (χ4n) is 0.606. The summed E-state index contributed by atoms with van der Waals surface area (Å²) >= 11 is 0. The van der Waals surface area contributed by atoms with E-state index in [-0.39, 0.29) is 12.7 Å². The highest BCUT2D eigenvalue weighted by molar-refractivity contribution is 4.47. The molecule has 0 bridgehead atoms. The van der Waals surface area contributed by atoms with Gasteiger partial charge in [0.05, 0.1) is 25.4 Å².